The van der Waals surface area contributed by atoms with Crippen molar-refractivity contribution in [3.63, 3.8) is 0 Å². The largest absolute Gasteiger partial charge is 0.497 e. The Bertz CT molecular complexity index is 1410. The minimum absolute atomic E-state index is 0.0770. The van der Waals surface area contributed by atoms with Crippen LogP contribution in [0.15, 0.2) is 77.7 Å². The molecule has 1 atom stereocenters. The fraction of sp³-hybridized carbons (Fsp3) is 0.355. The van der Waals surface area contributed by atoms with E-state index in [-0.39, 0.29) is 23.3 Å². The molecule has 0 heterocycles. The van der Waals surface area contributed by atoms with E-state index in [0.717, 1.165) is 15.4 Å². The summed E-state index contributed by atoms with van der Waals surface area (Å²) in [6.07, 6.45) is 0. The number of ether oxygens (including phenoxy) is 1. The molecule has 8 nitrogen and oxygen atoms in total. The first kappa shape index (κ1) is 30.7. The first-order valence-electron chi connectivity index (χ1n) is 13.3. The lowest BCUT2D eigenvalue weighted by molar-refractivity contribution is -0.139. The predicted octanol–water partition coefficient (Wildman–Crippen LogP) is 4.70. The second-order valence-electron chi connectivity index (χ2n) is 10.3. The number of nitrogens with one attached hydrogen (secondary N) is 1. The Morgan fingerprint density at radius 1 is 0.925 bits per heavy atom. The Labute approximate surface area is 238 Å². The SMILES string of the molecule is COc1ccc(CN(C(=O)CN(c2cc(C)ccc2C)S(=O)(=O)c2ccccc2)C(C)C(=O)NCC(C)C)cc1. The summed E-state index contributed by atoms with van der Waals surface area (Å²) < 4.78 is 34.2. The summed E-state index contributed by atoms with van der Waals surface area (Å²) in [4.78, 5) is 28.6. The van der Waals surface area contributed by atoms with Gasteiger partial charge in [0.2, 0.25) is 11.8 Å². The molecular weight excluding hydrogens is 526 g/mol. The molecule has 1 N–H and O–H groups in total. The van der Waals surface area contributed by atoms with E-state index < -0.39 is 28.5 Å². The van der Waals surface area contributed by atoms with Crippen molar-refractivity contribution in [2.75, 3.05) is 24.5 Å². The average Bonchev–Trinajstić information content (AvgIpc) is 2.94. The molecule has 0 aliphatic rings. The maximum atomic E-state index is 14.0. The highest BCUT2D eigenvalue weighted by molar-refractivity contribution is 7.92. The molecule has 0 aliphatic carbocycles. The maximum absolute atomic E-state index is 14.0. The third-order valence-corrected chi connectivity index (χ3v) is 8.38. The van der Waals surface area contributed by atoms with Gasteiger partial charge in [0, 0.05) is 13.1 Å². The van der Waals surface area contributed by atoms with Gasteiger partial charge in [-0.3, -0.25) is 13.9 Å². The fourth-order valence-electron chi connectivity index (χ4n) is 4.18. The molecule has 40 heavy (non-hydrogen) atoms. The highest BCUT2D eigenvalue weighted by atomic mass is 32.2. The van der Waals surface area contributed by atoms with E-state index in [1.807, 2.05) is 52.0 Å². The Hall–Kier alpha value is -3.85. The lowest BCUT2D eigenvalue weighted by atomic mass is 10.1. The zero-order chi connectivity index (χ0) is 29.4. The molecule has 3 rings (SSSR count). The quantitative estimate of drug-likeness (QED) is 0.344. The van der Waals surface area contributed by atoms with Crippen LogP contribution in [0.25, 0.3) is 0 Å². The number of aryl methyl sites for hydroxylation is 2. The van der Waals surface area contributed by atoms with Crippen LogP contribution in [0.4, 0.5) is 5.69 Å². The summed E-state index contributed by atoms with van der Waals surface area (Å²) >= 11 is 0. The summed E-state index contributed by atoms with van der Waals surface area (Å²) in [5, 5.41) is 2.89. The molecule has 0 aliphatic heterocycles. The van der Waals surface area contributed by atoms with E-state index in [0.29, 0.717) is 23.5 Å². The number of sulfonamides is 1. The van der Waals surface area contributed by atoms with Crippen LogP contribution in [-0.2, 0) is 26.2 Å². The van der Waals surface area contributed by atoms with Crippen molar-refractivity contribution in [1.29, 1.82) is 0 Å². The van der Waals surface area contributed by atoms with Gasteiger partial charge in [0.25, 0.3) is 10.0 Å². The third-order valence-electron chi connectivity index (χ3n) is 6.61. The second kappa shape index (κ2) is 13.5. The normalized spacial score (nSPS) is 12.1. The lowest BCUT2D eigenvalue weighted by Gasteiger charge is -2.32. The van der Waals surface area contributed by atoms with Gasteiger partial charge in [-0.2, -0.15) is 0 Å². The first-order valence-corrected chi connectivity index (χ1v) is 14.7. The van der Waals surface area contributed by atoms with Gasteiger partial charge in [-0.25, -0.2) is 8.42 Å². The fourth-order valence-corrected chi connectivity index (χ4v) is 5.68. The molecule has 0 fully saturated rings. The smallest absolute Gasteiger partial charge is 0.264 e. The lowest BCUT2D eigenvalue weighted by Crippen LogP contribution is -2.51. The van der Waals surface area contributed by atoms with Crippen molar-refractivity contribution in [3.8, 4) is 5.75 Å². The van der Waals surface area contributed by atoms with E-state index in [9.17, 15) is 18.0 Å². The van der Waals surface area contributed by atoms with Crippen LogP contribution in [0.2, 0.25) is 0 Å². The predicted molar refractivity (Wildman–Crippen MR) is 158 cm³/mol. The topological polar surface area (TPSA) is 96.0 Å². The number of benzene rings is 3. The number of anilines is 1. The van der Waals surface area contributed by atoms with Gasteiger partial charge in [-0.1, -0.05) is 56.3 Å². The highest BCUT2D eigenvalue weighted by Gasteiger charge is 2.33. The Balaban J connectivity index is 2.03. The Morgan fingerprint density at radius 3 is 2.17 bits per heavy atom. The Morgan fingerprint density at radius 2 is 1.57 bits per heavy atom. The van der Waals surface area contributed by atoms with Crippen LogP contribution in [0.1, 0.15) is 37.5 Å². The van der Waals surface area contributed by atoms with E-state index in [1.54, 1.807) is 50.4 Å². The standard InChI is InChI=1S/C31H39N3O5S/c1-22(2)19-32-31(36)25(5)33(20-26-14-16-27(39-6)17-15-26)30(35)21-34(29-18-23(3)12-13-24(29)4)40(37,38)28-10-8-7-9-11-28/h7-18,22,25H,19-21H2,1-6H3,(H,32,36). The molecule has 1 unspecified atom stereocenters. The van der Waals surface area contributed by atoms with Crippen molar-refractivity contribution < 1.29 is 22.7 Å². The van der Waals surface area contributed by atoms with Crippen LogP contribution >= 0.6 is 0 Å². The number of hydrogen-bond acceptors (Lipinski definition) is 5. The van der Waals surface area contributed by atoms with Crippen molar-refractivity contribution in [2.24, 2.45) is 5.92 Å². The summed E-state index contributed by atoms with van der Waals surface area (Å²) in [7, 11) is -2.53. The van der Waals surface area contributed by atoms with E-state index in [2.05, 4.69) is 5.32 Å². The molecular formula is C31H39N3O5S. The first-order chi connectivity index (χ1) is 18.9. The molecule has 0 radical (unpaired) electrons. The van der Waals surface area contributed by atoms with E-state index in [4.69, 9.17) is 4.74 Å². The summed E-state index contributed by atoms with van der Waals surface area (Å²) in [6, 6.07) is 19.9. The summed E-state index contributed by atoms with van der Waals surface area (Å²) in [5.74, 6) is 0.0975. The molecule has 0 saturated heterocycles. The van der Waals surface area contributed by atoms with Gasteiger partial charge in [0.05, 0.1) is 17.7 Å². The number of methoxy groups -OCH3 is 1. The number of carbonyl (C=O) groups is 2. The van der Waals surface area contributed by atoms with Gasteiger partial charge in [-0.05, 0) is 73.7 Å². The minimum Gasteiger partial charge on any atom is -0.497 e. The summed E-state index contributed by atoms with van der Waals surface area (Å²) in [5.41, 5.74) is 2.76. The molecule has 3 aromatic rings. The molecule has 0 aromatic heterocycles. The number of hydrogen-bond donors (Lipinski definition) is 1. The van der Waals surface area contributed by atoms with Gasteiger partial charge < -0.3 is 15.0 Å². The van der Waals surface area contributed by atoms with E-state index >= 15 is 0 Å². The molecule has 9 heteroatoms. The van der Waals surface area contributed by atoms with Crippen LogP contribution in [0.5, 0.6) is 5.75 Å². The van der Waals surface area contributed by atoms with E-state index in [1.165, 1.54) is 17.0 Å². The van der Waals surface area contributed by atoms with Crippen LogP contribution < -0.4 is 14.4 Å². The highest BCUT2D eigenvalue weighted by Crippen LogP contribution is 2.28. The molecule has 2 amide bonds. The number of amides is 2. The van der Waals surface area contributed by atoms with Crippen molar-refractivity contribution in [2.45, 2.75) is 52.1 Å². The molecule has 0 bridgehead atoms. The van der Waals surface area contributed by atoms with Crippen molar-refractivity contribution in [3.05, 3.63) is 89.5 Å². The number of nitrogens with zero attached hydrogens (tertiary/aromatic N) is 2. The second-order valence-corrected chi connectivity index (χ2v) is 12.2. The monoisotopic (exact) mass is 565 g/mol. The maximum Gasteiger partial charge on any atom is 0.264 e. The van der Waals surface area contributed by atoms with Gasteiger partial charge in [0.1, 0.15) is 18.3 Å². The zero-order valence-electron chi connectivity index (χ0n) is 24.0. The third kappa shape index (κ3) is 7.63. The molecule has 0 saturated carbocycles. The van der Waals surface area contributed by atoms with Crippen LogP contribution in [0, 0.1) is 19.8 Å². The van der Waals surface area contributed by atoms with Crippen molar-refractivity contribution >= 4 is 27.5 Å². The van der Waals surface area contributed by atoms with Crippen LogP contribution in [-0.4, -0.2) is 51.4 Å². The zero-order valence-corrected chi connectivity index (χ0v) is 24.9. The number of carbonyl (C=O) groups excluding carboxylic acids is 2. The minimum atomic E-state index is -4.10. The molecule has 214 valence electrons. The van der Waals surface area contributed by atoms with Gasteiger partial charge in [-0.15, -0.1) is 0 Å². The molecule has 0 spiro atoms. The van der Waals surface area contributed by atoms with Gasteiger partial charge >= 0.3 is 0 Å². The van der Waals surface area contributed by atoms with Crippen LogP contribution in [0.3, 0.4) is 0 Å². The summed E-state index contributed by atoms with van der Waals surface area (Å²) in [6.45, 7) is 9.42. The van der Waals surface area contributed by atoms with Crippen molar-refractivity contribution in [1.82, 2.24) is 10.2 Å². The Kier molecular flexibility index (Phi) is 10.3. The number of rotatable bonds is 12. The van der Waals surface area contributed by atoms with Gasteiger partial charge in [0.15, 0.2) is 0 Å². The average molecular weight is 566 g/mol. The molecule has 3 aromatic carbocycles.